The summed E-state index contributed by atoms with van der Waals surface area (Å²) in [6.07, 6.45) is 7.14. The molecule has 24 heavy (non-hydrogen) atoms. The highest BCUT2D eigenvalue weighted by Gasteiger charge is 2.57. The smallest absolute Gasteiger partial charge is 0.290 e. The van der Waals surface area contributed by atoms with Gasteiger partial charge < -0.3 is 14.6 Å². The summed E-state index contributed by atoms with van der Waals surface area (Å²) in [6.45, 7) is 0.118. The highest BCUT2D eigenvalue weighted by atomic mass is 16.3. The molecular weight excluding hydrogens is 302 g/mol. The van der Waals surface area contributed by atoms with Crippen LogP contribution in [0.25, 0.3) is 0 Å². The predicted molar refractivity (Wildman–Crippen MR) is 90.5 cm³/mol. The standard InChI is InChI=1S/C19H23N3O2/c1-21-10-9-20-17(21)18(24)22-15-7-8-16(22)19(12-15,13-23)11-14-5-3-2-4-6-14/h2-6,9-10,15-16,23H,7-8,11-13H2,1H3/t15-,16+,19-/m1/s1. The number of carbonyl (C=O) groups is 1. The van der Waals surface area contributed by atoms with Gasteiger partial charge in [-0.3, -0.25) is 4.79 Å². The molecule has 0 unspecified atom stereocenters. The minimum Gasteiger partial charge on any atom is -0.396 e. The fourth-order valence-corrected chi connectivity index (χ4v) is 4.70. The number of carbonyl (C=O) groups excluding carboxylic acids is 1. The summed E-state index contributed by atoms with van der Waals surface area (Å²) in [6, 6.07) is 10.6. The van der Waals surface area contributed by atoms with Crippen LogP contribution in [0.5, 0.6) is 0 Å². The van der Waals surface area contributed by atoms with E-state index in [9.17, 15) is 9.90 Å². The first-order valence-corrected chi connectivity index (χ1v) is 8.59. The lowest BCUT2D eigenvalue weighted by molar-refractivity contribution is 0.0559. The Kier molecular flexibility index (Phi) is 3.68. The molecule has 5 nitrogen and oxygen atoms in total. The summed E-state index contributed by atoms with van der Waals surface area (Å²) >= 11 is 0. The van der Waals surface area contributed by atoms with E-state index in [0.29, 0.717) is 5.82 Å². The number of hydrogen-bond donors (Lipinski definition) is 1. The average molecular weight is 325 g/mol. The van der Waals surface area contributed by atoms with Gasteiger partial charge in [0.1, 0.15) is 0 Å². The average Bonchev–Trinajstić information content (AvgIpc) is 3.28. The quantitative estimate of drug-likeness (QED) is 0.935. The number of imidazole rings is 1. The predicted octanol–water partition coefficient (Wildman–Crippen LogP) is 2.02. The van der Waals surface area contributed by atoms with E-state index in [0.717, 1.165) is 25.7 Å². The van der Waals surface area contributed by atoms with Crippen LogP contribution in [0, 0.1) is 5.41 Å². The van der Waals surface area contributed by atoms with Crippen molar-refractivity contribution in [3.63, 3.8) is 0 Å². The Labute approximate surface area is 141 Å². The molecule has 4 rings (SSSR count). The largest absolute Gasteiger partial charge is 0.396 e. The van der Waals surface area contributed by atoms with Crippen molar-refractivity contribution in [1.29, 1.82) is 0 Å². The molecule has 2 fully saturated rings. The molecule has 3 atom stereocenters. The van der Waals surface area contributed by atoms with E-state index in [1.165, 1.54) is 5.56 Å². The summed E-state index contributed by atoms with van der Waals surface area (Å²) in [7, 11) is 1.85. The van der Waals surface area contributed by atoms with E-state index < -0.39 is 0 Å². The van der Waals surface area contributed by atoms with Gasteiger partial charge in [-0.25, -0.2) is 4.98 Å². The fourth-order valence-electron chi connectivity index (χ4n) is 4.70. The normalized spacial score (nSPS) is 28.5. The van der Waals surface area contributed by atoms with Crippen LogP contribution in [-0.4, -0.2) is 44.2 Å². The molecule has 1 N–H and O–H groups in total. The summed E-state index contributed by atoms with van der Waals surface area (Å²) in [5.41, 5.74) is 0.994. The molecule has 2 aliphatic heterocycles. The number of nitrogens with zero attached hydrogens (tertiary/aromatic N) is 3. The van der Waals surface area contributed by atoms with Crippen molar-refractivity contribution < 1.29 is 9.90 Å². The van der Waals surface area contributed by atoms with Crippen LogP contribution in [0.15, 0.2) is 42.7 Å². The molecule has 1 aromatic heterocycles. The zero-order valence-corrected chi connectivity index (χ0v) is 13.9. The Balaban J connectivity index is 1.63. The van der Waals surface area contributed by atoms with Crippen molar-refractivity contribution in [1.82, 2.24) is 14.5 Å². The van der Waals surface area contributed by atoms with Crippen LogP contribution in [-0.2, 0) is 13.5 Å². The molecule has 2 bridgehead atoms. The Bertz CT molecular complexity index is 742. The lowest BCUT2D eigenvalue weighted by Crippen LogP contribution is -2.44. The van der Waals surface area contributed by atoms with Gasteiger partial charge in [0.05, 0.1) is 6.61 Å². The monoisotopic (exact) mass is 325 g/mol. The molecule has 0 spiro atoms. The summed E-state index contributed by atoms with van der Waals surface area (Å²) in [4.78, 5) is 19.2. The molecule has 0 aliphatic carbocycles. The SMILES string of the molecule is Cn1ccnc1C(=O)N1[C@@H]2CC[C@H]1[C@](CO)(Cc1ccccc1)C2. The van der Waals surface area contributed by atoms with E-state index in [2.05, 4.69) is 17.1 Å². The number of aliphatic hydroxyl groups excluding tert-OH is 1. The summed E-state index contributed by atoms with van der Waals surface area (Å²) in [5.74, 6) is 0.485. The number of amides is 1. The maximum atomic E-state index is 13.0. The third-order valence-corrected chi connectivity index (χ3v) is 5.81. The third kappa shape index (κ3) is 2.26. The van der Waals surface area contributed by atoms with Gasteiger partial charge >= 0.3 is 0 Å². The lowest BCUT2D eigenvalue weighted by atomic mass is 9.70. The van der Waals surface area contributed by atoms with E-state index in [-0.39, 0.29) is 30.0 Å². The molecule has 2 aliphatic rings. The summed E-state index contributed by atoms with van der Waals surface area (Å²) in [5, 5.41) is 10.2. The second kappa shape index (κ2) is 5.74. The van der Waals surface area contributed by atoms with E-state index in [4.69, 9.17) is 0 Å². The van der Waals surface area contributed by atoms with Gasteiger partial charge in [-0.2, -0.15) is 0 Å². The Morgan fingerprint density at radius 1 is 1.33 bits per heavy atom. The molecule has 126 valence electrons. The van der Waals surface area contributed by atoms with Gasteiger partial charge in [0.25, 0.3) is 5.91 Å². The van der Waals surface area contributed by atoms with Gasteiger partial charge in [0.15, 0.2) is 5.82 Å². The van der Waals surface area contributed by atoms with Crippen molar-refractivity contribution in [3.8, 4) is 0 Å². The van der Waals surface area contributed by atoms with Gasteiger partial charge in [-0.1, -0.05) is 30.3 Å². The van der Waals surface area contributed by atoms with E-state index in [1.807, 2.05) is 30.1 Å². The van der Waals surface area contributed by atoms with Crippen LogP contribution in [0.4, 0.5) is 0 Å². The minimum atomic E-state index is -0.231. The maximum Gasteiger partial charge on any atom is 0.290 e. The second-order valence-electron chi connectivity index (χ2n) is 7.21. The van der Waals surface area contributed by atoms with Crippen LogP contribution in [0.1, 0.15) is 35.4 Å². The van der Waals surface area contributed by atoms with Crippen molar-refractivity contribution >= 4 is 5.91 Å². The molecule has 0 saturated carbocycles. The van der Waals surface area contributed by atoms with Crippen LogP contribution < -0.4 is 0 Å². The molecule has 0 radical (unpaired) electrons. The highest BCUT2D eigenvalue weighted by molar-refractivity contribution is 5.92. The Morgan fingerprint density at radius 3 is 2.79 bits per heavy atom. The number of aliphatic hydroxyl groups is 1. The van der Waals surface area contributed by atoms with Crippen molar-refractivity contribution in [2.24, 2.45) is 12.5 Å². The zero-order chi connectivity index (χ0) is 16.7. The third-order valence-electron chi connectivity index (χ3n) is 5.81. The molecule has 2 aromatic rings. The van der Waals surface area contributed by atoms with Gasteiger partial charge in [0.2, 0.25) is 0 Å². The van der Waals surface area contributed by atoms with Gasteiger partial charge in [-0.15, -0.1) is 0 Å². The first-order valence-electron chi connectivity index (χ1n) is 8.59. The number of aryl methyl sites for hydroxylation is 1. The first kappa shape index (κ1) is 15.4. The second-order valence-corrected chi connectivity index (χ2v) is 7.21. The molecule has 1 aromatic carbocycles. The van der Waals surface area contributed by atoms with Crippen molar-refractivity contribution in [2.45, 2.75) is 37.8 Å². The van der Waals surface area contributed by atoms with Crippen molar-refractivity contribution in [2.75, 3.05) is 6.61 Å². The van der Waals surface area contributed by atoms with Gasteiger partial charge in [0, 0.05) is 36.9 Å². The highest BCUT2D eigenvalue weighted by Crippen LogP contribution is 2.51. The maximum absolute atomic E-state index is 13.0. The topological polar surface area (TPSA) is 58.4 Å². The van der Waals surface area contributed by atoms with Crippen molar-refractivity contribution in [3.05, 3.63) is 54.1 Å². The number of benzene rings is 1. The molecule has 2 saturated heterocycles. The van der Waals surface area contributed by atoms with Crippen LogP contribution in [0.3, 0.4) is 0 Å². The Hall–Kier alpha value is -2.14. The van der Waals surface area contributed by atoms with E-state index >= 15 is 0 Å². The van der Waals surface area contributed by atoms with Gasteiger partial charge in [-0.05, 0) is 31.2 Å². The molecule has 5 heteroatoms. The first-order chi connectivity index (χ1) is 11.6. The minimum absolute atomic E-state index is 0.00149. The number of hydrogen-bond acceptors (Lipinski definition) is 3. The summed E-state index contributed by atoms with van der Waals surface area (Å²) < 4.78 is 1.78. The Morgan fingerprint density at radius 2 is 2.12 bits per heavy atom. The lowest BCUT2D eigenvalue weighted by Gasteiger charge is -2.36. The van der Waals surface area contributed by atoms with Crippen LogP contribution >= 0.6 is 0 Å². The molecule has 1 amide bonds. The van der Waals surface area contributed by atoms with Crippen LogP contribution in [0.2, 0.25) is 0 Å². The van der Waals surface area contributed by atoms with E-state index in [1.54, 1.807) is 17.0 Å². The fraction of sp³-hybridized carbons (Fsp3) is 0.474. The number of rotatable bonds is 4. The number of fused-ring (bicyclic) bond motifs is 2. The molecular formula is C19H23N3O2. The zero-order valence-electron chi connectivity index (χ0n) is 13.9. The molecule has 3 heterocycles. The number of aromatic nitrogens is 2.